The molecular formula is C4H9N2S+. The first-order valence-corrected chi connectivity index (χ1v) is 3.45. The summed E-state index contributed by atoms with van der Waals surface area (Å²) in [7, 11) is 0. The van der Waals surface area contributed by atoms with Crippen molar-refractivity contribution in [2.45, 2.75) is 12.8 Å². The van der Waals surface area contributed by atoms with Crippen molar-refractivity contribution in [3.63, 3.8) is 0 Å². The Kier molecular flexibility index (Phi) is 1.68. The molecule has 0 aliphatic carbocycles. The quantitative estimate of drug-likeness (QED) is 0.377. The van der Waals surface area contributed by atoms with E-state index in [-0.39, 0.29) is 0 Å². The number of nitrogens with zero attached hydrogens (tertiary/aromatic N) is 1. The van der Waals surface area contributed by atoms with E-state index in [9.17, 15) is 0 Å². The van der Waals surface area contributed by atoms with Crippen LogP contribution in [0.25, 0.3) is 0 Å². The smallest absolute Gasteiger partial charge is 0.0580 e. The van der Waals surface area contributed by atoms with Gasteiger partial charge in [0.2, 0.25) is 0 Å². The molecule has 0 amide bonds. The Morgan fingerprint density at radius 2 is 2.29 bits per heavy atom. The zero-order valence-electron chi connectivity index (χ0n) is 4.18. The van der Waals surface area contributed by atoms with E-state index in [1.165, 1.54) is 12.8 Å². The molecule has 0 aromatic carbocycles. The fraction of sp³-hybridized carbons (Fsp3) is 1.00. The zero-order valence-corrected chi connectivity index (χ0v) is 5.00. The van der Waals surface area contributed by atoms with Crippen LogP contribution in [-0.2, 0) is 0 Å². The highest BCUT2D eigenvalue weighted by molar-refractivity contribution is 7.93. The predicted molar refractivity (Wildman–Crippen MR) is 29.5 cm³/mol. The third-order valence-corrected chi connectivity index (χ3v) is 1.97. The Bertz CT molecular complexity index is 73.8. The second-order valence-corrected chi connectivity index (χ2v) is 2.75. The van der Waals surface area contributed by atoms with Gasteiger partial charge in [-0.2, -0.15) is 0 Å². The van der Waals surface area contributed by atoms with Crippen LogP contribution < -0.4 is 0 Å². The molecule has 1 rings (SSSR count). The molecule has 1 saturated heterocycles. The minimum atomic E-state index is 0.949. The van der Waals surface area contributed by atoms with Crippen molar-refractivity contribution in [2.75, 3.05) is 12.3 Å². The first kappa shape index (κ1) is 5.09. The topological polar surface area (TPSA) is 26.9 Å². The Morgan fingerprint density at radius 3 is 2.57 bits per heavy atom. The van der Waals surface area contributed by atoms with Gasteiger partial charge in [0, 0.05) is 6.42 Å². The molecule has 1 fully saturated rings. The summed E-state index contributed by atoms with van der Waals surface area (Å²) in [5.41, 5.74) is 7.07. The van der Waals surface area contributed by atoms with Gasteiger partial charge in [0.05, 0.1) is 5.75 Å². The van der Waals surface area contributed by atoms with E-state index in [4.69, 9.17) is 5.53 Å². The minimum absolute atomic E-state index is 0.949. The third kappa shape index (κ3) is 1.47. The molecule has 1 N–H and O–H groups in total. The Balaban J connectivity index is 2.25. The molecule has 0 unspecified atom stereocenters. The van der Waals surface area contributed by atoms with E-state index in [2.05, 4.69) is 0 Å². The van der Waals surface area contributed by atoms with Crippen molar-refractivity contribution in [3.05, 3.63) is 0 Å². The Labute approximate surface area is 47.5 Å². The van der Waals surface area contributed by atoms with Gasteiger partial charge in [-0.15, -0.1) is 0 Å². The second-order valence-electron chi connectivity index (χ2n) is 1.64. The van der Waals surface area contributed by atoms with Crippen LogP contribution in [0, 0.1) is 5.53 Å². The summed E-state index contributed by atoms with van der Waals surface area (Å²) in [4.78, 5) is 0. The van der Waals surface area contributed by atoms with E-state index in [0.717, 1.165) is 12.3 Å². The standard InChI is InChI=1S/C4H9N2S/c5-6-3-1-2-4-7-6/h5H,1-4H2/q+1. The lowest BCUT2D eigenvalue weighted by Gasteiger charge is -1.99. The van der Waals surface area contributed by atoms with Crippen LogP contribution >= 0.6 is 11.9 Å². The predicted octanol–water partition coefficient (Wildman–Crippen LogP) is 1.47. The summed E-state index contributed by atoms with van der Waals surface area (Å²) in [6.45, 7) is 0.949. The summed E-state index contributed by atoms with van der Waals surface area (Å²) in [6, 6.07) is 0. The summed E-state index contributed by atoms with van der Waals surface area (Å²) in [6.07, 6.45) is 2.50. The Morgan fingerprint density at radius 1 is 1.43 bits per heavy atom. The molecule has 2 nitrogen and oxygen atoms in total. The highest BCUT2D eigenvalue weighted by atomic mass is 32.2. The van der Waals surface area contributed by atoms with Crippen LogP contribution in [0.5, 0.6) is 0 Å². The maximum absolute atomic E-state index is 7.07. The molecule has 0 spiro atoms. The third-order valence-electron chi connectivity index (χ3n) is 1.00. The van der Waals surface area contributed by atoms with Crippen LogP contribution in [-0.4, -0.2) is 16.4 Å². The monoisotopic (exact) mass is 117 g/mol. The molecule has 0 atom stereocenters. The number of rotatable bonds is 0. The lowest BCUT2D eigenvalue weighted by atomic mass is 10.3. The van der Waals surface area contributed by atoms with E-state index in [1.807, 2.05) is 0 Å². The molecule has 0 aromatic rings. The summed E-state index contributed by atoms with van der Waals surface area (Å²) in [5.74, 6) is 1.14. The first-order chi connectivity index (χ1) is 3.39. The van der Waals surface area contributed by atoms with E-state index >= 15 is 0 Å². The molecule has 1 heterocycles. The highest BCUT2D eigenvalue weighted by Gasteiger charge is 2.11. The molecule has 0 aromatic heterocycles. The zero-order chi connectivity index (χ0) is 5.11. The van der Waals surface area contributed by atoms with Gasteiger partial charge in [-0.25, -0.2) is 0 Å². The molecule has 0 bridgehead atoms. The SMILES string of the molecule is N=[N+]1CCCCS1. The van der Waals surface area contributed by atoms with Gasteiger partial charge in [-0.3, -0.25) is 0 Å². The van der Waals surface area contributed by atoms with E-state index < -0.39 is 0 Å². The maximum Gasteiger partial charge on any atom is 0.186 e. The van der Waals surface area contributed by atoms with Gasteiger partial charge in [-0.1, -0.05) is 4.10 Å². The van der Waals surface area contributed by atoms with Crippen molar-refractivity contribution in [3.8, 4) is 0 Å². The Hall–Kier alpha value is -0.0500. The second kappa shape index (κ2) is 2.31. The average molecular weight is 117 g/mol. The number of hydrogen-bond acceptors (Lipinski definition) is 2. The van der Waals surface area contributed by atoms with Crippen LogP contribution in [0.15, 0.2) is 0 Å². The molecule has 1 aliphatic rings. The molecule has 1 aliphatic heterocycles. The molecule has 7 heavy (non-hydrogen) atoms. The molecule has 40 valence electrons. The lowest BCUT2D eigenvalue weighted by Crippen LogP contribution is -2.07. The number of hydrogen-bond donors (Lipinski definition) is 1. The van der Waals surface area contributed by atoms with Gasteiger partial charge >= 0.3 is 0 Å². The van der Waals surface area contributed by atoms with Gasteiger partial charge in [0.15, 0.2) is 18.5 Å². The molecule has 0 radical (unpaired) electrons. The van der Waals surface area contributed by atoms with Gasteiger partial charge in [0.1, 0.15) is 0 Å². The minimum Gasteiger partial charge on any atom is -0.0580 e. The maximum atomic E-state index is 7.07. The van der Waals surface area contributed by atoms with Crippen LogP contribution in [0.1, 0.15) is 12.8 Å². The summed E-state index contributed by atoms with van der Waals surface area (Å²) < 4.78 is 1.56. The van der Waals surface area contributed by atoms with Crippen molar-refractivity contribution in [1.82, 2.24) is 0 Å². The van der Waals surface area contributed by atoms with Crippen molar-refractivity contribution in [1.29, 1.82) is 5.53 Å². The van der Waals surface area contributed by atoms with Crippen LogP contribution in [0.3, 0.4) is 0 Å². The number of nitrogens with one attached hydrogen (secondary N) is 1. The molecule has 3 heteroatoms. The van der Waals surface area contributed by atoms with Gasteiger partial charge in [-0.05, 0) is 12.0 Å². The summed E-state index contributed by atoms with van der Waals surface area (Å²) >= 11 is 1.62. The summed E-state index contributed by atoms with van der Waals surface area (Å²) in [5, 5.41) is 0. The van der Waals surface area contributed by atoms with E-state index in [0.29, 0.717) is 0 Å². The fourth-order valence-corrected chi connectivity index (χ4v) is 1.41. The van der Waals surface area contributed by atoms with Gasteiger partial charge < -0.3 is 0 Å². The van der Waals surface area contributed by atoms with Crippen molar-refractivity contribution >= 4 is 11.9 Å². The average Bonchev–Trinajstić information content (AvgIpc) is 1.69. The van der Waals surface area contributed by atoms with Crippen LogP contribution in [0.4, 0.5) is 0 Å². The molecular weight excluding hydrogens is 108 g/mol. The normalized spacial score (nSPS) is 22.6. The van der Waals surface area contributed by atoms with Crippen LogP contribution in [0.2, 0.25) is 0 Å². The molecule has 0 saturated carbocycles. The van der Waals surface area contributed by atoms with E-state index in [1.54, 1.807) is 16.1 Å². The first-order valence-electron chi connectivity index (χ1n) is 2.51. The highest BCUT2D eigenvalue weighted by Crippen LogP contribution is 2.12. The van der Waals surface area contributed by atoms with Gasteiger partial charge in [0.25, 0.3) is 0 Å². The fourth-order valence-electron chi connectivity index (χ4n) is 0.597. The van der Waals surface area contributed by atoms with Crippen molar-refractivity contribution < 1.29 is 4.10 Å². The van der Waals surface area contributed by atoms with Crippen molar-refractivity contribution in [2.24, 2.45) is 0 Å². The lowest BCUT2D eigenvalue weighted by molar-refractivity contribution is -0.454. The largest absolute Gasteiger partial charge is 0.186 e.